The van der Waals surface area contributed by atoms with Crippen molar-refractivity contribution >= 4 is 27.7 Å². The fourth-order valence-corrected chi connectivity index (χ4v) is 2.81. The molecule has 3 aromatic rings. The van der Waals surface area contributed by atoms with Gasteiger partial charge in [-0.05, 0) is 29.7 Å². The van der Waals surface area contributed by atoms with Crippen LogP contribution in [0.25, 0.3) is 21.7 Å². The second-order valence-electron chi connectivity index (χ2n) is 6.19. The topological polar surface area (TPSA) is 104 Å². The number of carbonyl (C=O) groups is 1. The zero-order valence-electron chi connectivity index (χ0n) is 16.0. The molecule has 0 amide bonds. The molecule has 1 aromatic heterocycles. The van der Waals surface area contributed by atoms with Gasteiger partial charge < -0.3 is 28.5 Å². The maximum absolute atomic E-state index is 11.9. The smallest absolute Gasteiger partial charge is 0.351 e. The summed E-state index contributed by atoms with van der Waals surface area (Å²) in [7, 11) is 1.62. The molecule has 0 aliphatic rings. The molecule has 0 atom stereocenters. The molecule has 8 heteroatoms. The maximum atomic E-state index is 11.9. The summed E-state index contributed by atoms with van der Waals surface area (Å²) in [6, 6.07) is 10.2. The Labute approximate surface area is 166 Å². The SMILES string of the molecule is COCCOCCOCCOc1ccc2c(ccc3cc(C(=O)O)c(=O)oc32)c1. The number of benzene rings is 2. The summed E-state index contributed by atoms with van der Waals surface area (Å²) in [6.07, 6.45) is 0. The molecule has 0 unspecified atom stereocenters. The van der Waals surface area contributed by atoms with Crippen LogP contribution in [0.1, 0.15) is 10.4 Å². The Morgan fingerprint density at radius 2 is 1.62 bits per heavy atom. The predicted molar refractivity (Wildman–Crippen MR) is 106 cm³/mol. The van der Waals surface area contributed by atoms with Crippen molar-refractivity contribution in [1.82, 2.24) is 0 Å². The van der Waals surface area contributed by atoms with Gasteiger partial charge in [0.1, 0.15) is 23.5 Å². The lowest BCUT2D eigenvalue weighted by Gasteiger charge is -2.09. The third kappa shape index (κ3) is 5.32. The van der Waals surface area contributed by atoms with E-state index < -0.39 is 11.6 Å². The van der Waals surface area contributed by atoms with Crippen molar-refractivity contribution in [1.29, 1.82) is 0 Å². The Morgan fingerprint density at radius 1 is 0.931 bits per heavy atom. The number of methoxy groups -OCH3 is 1. The van der Waals surface area contributed by atoms with Crippen molar-refractivity contribution in [2.24, 2.45) is 0 Å². The van der Waals surface area contributed by atoms with Gasteiger partial charge in [0.25, 0.3) is 0 Å². The minimum absolute atomic E-state index is 0.348. The van der Waals surface area contributed by atoms with E-state index in [2.05, 4.69) is 0 Å². The first-order chi connectivity index (χ1) is 14.1. The molecule has 1 heterocycles. The van der Waals surface area contributed by atoms with Crippen LogP contribution in [0.15, 0.2) is 45.6 Å². The third-order valence-corrected chi connectivity index (χ3v) is 4.22. The van der Waals surface area contributed by atoms with E-state index in [4.69, 9.17) is 28.5 Å². The lowest BCUT2D eigenvalue weighted by molar-refractivity contribution is 0.0180. The van der Waals surface area contributed by atoms with Gasteiger partial charge in [-0.3, -0.25) is 0 Å². The van der Waals surface area contributed by atoms with Gasteiger partial charge in [0.15, 0.2) is 0 Å². The minimum Gasteiger partial charge on any atom is -0.491 e. The Morgan fingerprint density at radius 3 is 2.34 bits per heavy atom. The fourth-order valence-electron chi connectivity index (χ4n) is 2.81. The number of ether oxygens (including phenoxy) is 4. The summed E-state index contributed by atoms with van der Waals surface area (Å²) < 4.78 is 26.6. The normalized spacial score (nSPS) is 11.2. The van der Waals surface area contributed by atoms with Crippen molar-refractivity contribution in [3.63, 3.8) is 0 Å². The second kappa shape index (κ2) is 10.0. The number of fused-ring (bicyclic) bond motifs is 3. The quantitative estimate of drug-likeness (QED) is 0.297. The summed E-state index contributed by atoms with van der Waals surface area (Å²) >= 11 is 0. The summed E-state index contributed by atoms with van der Waals surface area (Å²) in [6.45, 7) is 2.89. The number of hydrogen-bond acceptors (Lipinski definition) is 7. The molecule has 2 aromatic carbocycles. The molecule has 0 aliphatic carbocycles. The van der Waals surface area contributed by atoms with Crippen molar-refractivity contribution in [2.75, 3.05) is 46.8 Å². The predicted octanol–water partition coefficient (Wildman–Crippen LogP) is 2.70. The van der Waals surface area contributed by atoms with E-state index in [0.29, 0.717) is 61.7 Å². The second-order valence-corrected chi connectivity index (χ2v) is 6.19. The van der Waals surface area contributed by atoms with E-state index in [0.717, 1.165) is 5.39 Å². The highest BCUT2D eigenvalue weighted by Crippen LogP contribution is 2.28. The van der Waals surface area contributed by atoms with E-state index in [-0.39, 0.29) is 5.56 Å². The Kier molecular flexibility index (Phi) is 7.18. The molecule has 0 radical (unpaired) electrons. The average Bonchev–Trinajstić information content (AvgIpc) is 2.71. The summed E-state index contributed by atoms with van der Waals surface area (Å²) in [5, 5.41) is 11.1. The number of aromatic carboxylic acids is 1. The summed E-state index contributed by atoms with van der Waals surface area (Å²) in [5.74, 6) is -0.658. The largest absolute Gasteiger partial charge is 0.491 e. The minimum atomic E-state index is -1.31. The molecule has 0 saturated heterocycles. The average molecular weight is 402 g/mol. The van der Waals surface area contributed by atoms with Gasteiger partial charge in [-0.2, -0.15) is 0 Å². The summed E-state index contributed by atoms with van der Waals surface area (Å²) in [4.78, 5) is 23.0. The molecular formula is C21H22O8. The highest BCUT2D eigenvalue weighted by Gasteiger charge is 2.13. The molecule has 0 bridgehead atoms. The van der Waals surface area contributed by atoms with E-state index in [1.807, 2.05) is 12.1 Å². The first kappa shape index (κ1) is 20.8. The van der Waals surface area contributed by atoms with E-state index >= 15 is 0 Å². The Bertz CT molecular complexity index is 1040. The van der Waals surface area contributed by atoms with Gasteiger partial charge in [0.05, 0.1) is 33.0 Å². The standard InChI is InChI=1S/C21H22O8/c1-25-6-7-26-8-9-27-10-11-28-16-4-5-17-14(12-16)2-3-15-13-18(20(22)23)21(24)29-19(15)17/h2-5,12-13H,6-11H2,1H3,(H,22,23). The molecule has 29 heavy (non-hydrogen) atoms. The molecule has 0 saturated carbocycles. The van der Waals surface area contributed by atoms with Crippen LogP contribution in [0.3, 0.4) is 0 Å². The van der Waals surface area contributed by atoms with Crippen LogP contribution >= 0.6 is 0 Å². The highest BCUT2D eigenvalue weighted by molar-refractivity contribution is 6.05. The van der Waals surface area contributed by atoms with Crippen LogP contribution in [0.5, 0.6) is 5.75 Å². The van der Waals surface area contributed by atoms with Gasteiger partial charge >= 0.3 is 11.6 Å². The number of rotatable bonds is 11. The van der Waals surface area contributed by atoms with Gasteiger partial charge in [0.2, 0.25) is 0 Å². The highest BCUT2D eigenvalue weighted by atomic mass is 16.6. The first-order valence-electron chi connectivity index (χ1n) is 9.11. The van der Waals surface area contributed by atoms with Gasteiger partial charge in [0, 0.05) is 17.9 Å². The van der Waals surface area contributed by atoms with Crippen LogP contribution in [-0.2, 0) is 14.2 Å². The lowest BCUT2D eigenvalue weighted by atomic mass is 10.1. The van der Waals surface area contributed by atoms with Gasteiger partial charge in [-0.15, -0.1) is 0 Å². The van der Waals surface area contributed by atoms with Crippen LogP contribution in [0.4, 0.5) is 0 Å². The first-order valence-corrected chi connectivity index (χ1v) is 9.11. The third-order valence-electron chi connectivity index (χ3n) is 4.22. The van der Waals surface area contributed by atoms with Crippen LogP contribution in [0.2, 0.25) is 0 Å². The number of carboxylic acid groups (broad SMARTS) is 1. The lowest BCUT2D eigenvalue weighted by Crippen LogP contribution is -2.13. The molecule has 0 aliphatic heterocycles. The van der Waals surface area contributed by atoms with Crippen molar-refractivity contribution in [3.8, 4) is 5.75 Å². The van der Waals surface area contributed by atoms with E-state index in [1.165, 1.54) is 6.07 Å². The summed E-state index contributed by atoms with van der Waals surface area (Å²) in [5.41, 5.74) is -0.914. The molecule has 0 spiro atoms. The molecule has 1 N–H and O–H groups in total. The van der Waals surface area contributed by atoms with Crippen molar-refractivity contribution < 1.29 is 33.3 Å². The zero-order chi connectivity index (χ0) is 20.6. The monoisotopic (exact) mass is 402 g/mol. The van der Waals surface area contributed by atoms with Crippen LogP contribution in [-0.4, -0.2) is 57.8 Å². The number of hydrogen-bond donors (Lipinski definition) is 1. The molecule has 0 fully saturated rings. The van der Waals surface area contributed by atoms with Crippen LogP contribution < -0.4 is 10.4 Å². The fraction of sp³-hybridized carbons (Fsp3) is 0.333. The zero-order valence-corrected chi connectivity index (χ0v) is 16.0. The van der Waals surface area contributed by atoms with Crippen LogP contribution in [0, 0.1) is 0 Å². The Balaban J connectivity index is 1.60. The van der Waals surface area contributed by atoms with Gasteiger partial charge in [-0.25, -0.2) is 9.59 Å². The molecule has 3 rings (SSSR count). The Hall–Kier alpha value is -2.94. The van der Waals surface area contributed by atoms with Gasteiger partial charge in [-0.1, -0.05) is 12.1 Å². The molecule has 154 valence electrons. The maximum Gasteiger partial charge on any atom is 0.351 e. The van der Waals surface area contributed by atoms with E-state index in [9.17, 15) is 9.59 Å². The molecule has 8 nitrogen and oxygen atoms in total. The van der Waals surface area contributed by atoms with Crippen molar-refractivity contribution in [3.05, 3.63) is 52.4 Å². The molecular weight excluding hydrogens is 380 g/mol. The van der Waals surface area contributed by atoms with E-state index in [1.54, 1.807) is 25.3 Å². The number of carboxylic acids is 1. The van der Waals surface area contributed by atoms with Crippen molar-refractivity contribution in [2.45, 2.75) is 0 Å².